The van der Waals surface area contributed by atoms with Crippen molar-refractivity contribution in [2.24, 2.45) is 5.92 Å². The molecular formula is C21H25FN2O. The van der Waals surface area contributed by atoms with Crippen molar-refractivity contribution in [3.05, 3.63) is 71.5 Å². The van der Waals surface area contributed by atoms with Crippen molar-refractivity contribution in [2.45, 2.75) is 32.2 Å². The molecule has 4 heteroatoms. The number of carbonyl (C=O) groups is 1. The van der Waals surface area contributed by atoms with Crippen LogP contribution in [0.4, 0.5) is 9.18 Å². The Balaban J connectivity index is 1.59. The third-order valence-electron chi connectivity index (χ3n) is 4.74. The smallest absolute Gasteiger partial charge is 0.317 e. The molecule has 1 N–H and O–H groups in total. The van der Waals surface area contributed by atoms with E-state index in [4.69, 9.17) is 0 Å². The van der Waals surface area contributed by atoms with Gasteiger partial charge in [-0.15, -0.1) is 0 Å². The molecule has 25 heavy (non-hydrogen) atoms. The quantitative estimate of drug-likeness (QED) is 0.788. The minimum Gasteiger partial charge on any atom is -0.338 e. The Bertz CT molecular complexity index is 700. The fraction of sp³-hybridized carbons (Fsp3) is 0.381. The fourth-order valence-electron chi connectivity index (χ4n) is 3.01. The van der Waals surface area contributed by atoms with Crippen molar-refractivity contribution >= 4 is 6.03 Å². The molecule has 0 aromatic heterocycles. The van der Waals surface area contributed by atoms with E-state index in [0.29, 0.717) is 18.9 Å². The number of urea groups is 1. The van der Waals surface area contributed by atoms with Gasteiger partial charge in [0.05, 0.1) is 6.04 Å². The largest absolute Gasteiger partial charge is 0.338 e. The Morgan fingerprint density at radius 2 is 1.96 bits per heavy atom. The molecule has 2 aromatic carbocycles. The van der Waals surface area contributed by atoms with E-state index in [-0.39, 0.29) is 17.9 Å². The number of carbonyl (C=O) groups excluding carboxylic acids is 1. The summed E-state index contributed by atoms with van der Waals surface area (Å²) in [6, 6.07) is 16.6. The zero-order chi connectivity index (χ0) is 17.6. The molecule has 3 rings (SSSR count). The van der Waals surface area contributed by atoms with Gasteiger partial charge in [0.25, 0.3) is 0 Å². The van der Waals surface area contributed by atoms with Crippen molar-refractivity contribution in [3.8, 4) is 0 Å². The van der Waals surface area contributed by atoms with Gasteiger partial charge < -0.3 is 10.2 Å². The van der Waals surface area contributed by atoms with Crippen molar-refractivity contribution in [1.82, 2.24) is 10.2 Å². The van der Waals surface area contributed by atoms with Crippen LogP contribution in [0.2, 0.25) is 0 Å². The third kappa shape index (κ3) is 5.05. The van der Waals surface area contributed by atoms with Crippen LogP contribution in [0.5, 0.6) is 0 Å². The lowest BCUT2D eigenvalue weighted by Gasteiger charge is -2.30. The van der Waals surface area contributed by atoms with E-state index in [9.17, 15) is 9.18 Å². The van der Waals surface area contributed by atoms with E-state index >= 15 is 0 Å². The van der Waals surface area contributed by atoms with Crippen LogP contribution in [-0.2, 0) is 6.42 Å². The minimum atomic E-state index is -0.239. The second kappa shape index (κ2) is 8.15. The highest BCUT2D eigenvalue weighted by atomic mass is 19.1. The van der Waals surface area contributed by atoms with Crippen molar-refractivity contribution in [1.29, 1.82) is 0 Å². The number of rotatable bonds is 7. The maximum atomic E-state index is 13.2. The molecule has 0 heterocycles. The van der Waals surface area contributed by atoms with Crippen LogP contribution in [0.3, 0.4) is 0 Å². The first-order valence-electron chi connectivity index (χ1n) is 8.97. The number of hydrogen-bond donors (Lipinski definition) is 1. The van der Waals surface area contributed by atoms with Crippen LogP contribution < -0.4 is 5.32 Å². The van der Waals surface area contributed by atoms with E-state index in [1.165, 1.54) is 25.0 Å². The molecule has 0 spiro atoms. The second-order valence-electron chi connectivity index (χ2n) is 6.79. The summed E-state index contributed by atoms with van der Waals surface area (Å²) in [4.78, 5) is 14.6. The summed E-state index contributed by atoms with van der Waals surface area (Å²) in [7, 11) is 0. The van der Waals surface area contributed by atoms with Crippen LogP contribution in [0.15, 0.2) is 54.6 Å². The van der Waals surface area contributed by atoms with E-state index < -0.39 is 0 Å². The lowest BCUT2D eigenvalue weighted by molar-refractivity contribution is 0.176. The molecule has 1 fully saturated rings. The van der Waals surface area contributed by atoms with Crippen LogP contribution in [0.1, 0.15) is 36.9 Å². The van der Waals surface area contributed by atoms with Crippen LogP contribution in [0.25, 0.3) is 0 Å². The Kier molecular flexibility index (Phi) is 5.69. The highest BCUT2D eigenvalue weighted by molar-refractivity contribution is 5.74. The summed E-state index contributed by atoms with van der Waals surface area (Å²) in [6.45, 7) is 3.37. The van der Waals surface area contributed by atoms with Crippen molar-refractivity contribution in [2.75, 3.05) is 13.1 Å². The molecule has 1 atom stereocenters. The number of halogens is 1. The normalized spacial score (nSPS) is 14.8. The topological polar surface area (TPSA) is 32.3 Å². The number of nitrogens with zero attached hydrogens (tertiary/aromatic N) is 1. The monoisotopic (exact) mass is 340 g/mol. The van der Waals surface area contributed by atoms with Gasteiger partial charge in [0.2, 0.25) is 0 Å². The zero-order valence-corrected chi connectivity index (χ0v) is 14.6. The molecule has 0 bridgehead atoms. The van der Waals surface area contributed by atoms with E-state index in [1.807, 2.05) is 29.2 Å². The summed E-state index contributed by atoms with van der Waals surface area (Å²) < 4.78 is 13.2. The first-order valence-corrected chi connectivity index (χ1v) is 8.97. The number of amides is 2. The molecule has 0 radical (unpaired) electrons. The summed E-state index contributed by atoms with van der Waals surface area (Å²) >= 11 is 0. The summed E-state index contributed by atoms with van der Waals surface area (Å²) in [5.41, 5.74) is 2.04. The average molecular weight is 340 g/mol. The molecule has 1 saturated carbocycles. The van der Waals surface area contributed by atoms with Gasteiger partial charge in [-0.25, -0.2) is 9.18 Å². The van der Waals surface area contributed by atoms with Crippen LogP contribution >= 0.6 is 0 Å². The standard InChI is InChI=1S/C21H25FN2O/c1-16(19-7-3-2-4-8-19)24(15-18-10-11-18)21(25)23-13-12-17-6-5-9-20(22)14-17/h2-9,14,16,18H,10-13,15H2,1H3,(H,23,25). The van der Waals surface area contributed by atoms with E-state index in [1.54, 1.807) is 6.07 Å². The average Bonchev–Trinajstić information content (AvgIpc) is 3.44. The van der Waals surface area contributed by atoms with Crippen LogP contribution in [-0.4, -0.2) is 24.0 Å². The van der Waals surface area contributed by atoms with Gasteiger partial charge in [0.15, 0.2) is 0 Å². The predicted octanol–water partition coefficient (Wildman–Crippen LogP) is 4.55. The zero-order valence-electron chi connectivity index (χ0n) is 14.6. The van der Waals surface area contributed by atoms with Crippen LogP contribution in [0, 0.1) is 11.7 Å². The molecule has 3 nitrogen and oxygen atoms in total. The van der Waals surface area contributed by atoms with Crippen molar-refractivity contribution in [3.63, 3.8) is 0 Å². The molecule has 2 amide bonds. The highest BCUT2D eigenvalue weighted by Crippen LogP contribution is 2.32. The Morgan fingerprint density at radius 3 is 2.64 bits per heavy atom. The fourth-order valence-corrected chi connectivity index (χ4v) is 3.01. The molecule has 0 saturated heterocycles. The van der Waals surface area contributed by atoms with Gasteiger partial charge in [0.1, 0.15) is 5.82 Å². The van der Waals surface area contributed by atoms with Gasteiger partial charge in [0, 0.05) is 13.1 Å². The van der Waals surface area contributed by atoms with Gasteiger partial charge in [-0.05, 0) is 55.4 Å². The number of nitrogens with one attached hydrogen (secondary N) is 1. The summed E-state index contributed by atoms with van der Waals surface area (Å²) in [5, 5.41) is 3.00. The maximum Gasteiger partial charge on any atom is 0.317 e. The van der Waals surface area contributed by atoms with Crippen molar-refractivity contribution < 1.29 is 9.18 Å². The van der Waals surface area contributed by atoms with Gasteiger partial charge >= 0.3 is 6.03 Å². The van der Waals surface area contributed by atoms with E-state index in [2.05, 4.69) is 24.4 Å². The summed E-state index contributed by atoms with van der Waals surface area (Å²) in [6.07, 6.45) is 3.03. The SMILES string of the molecule is CC(c1ccccc1)N(CC1CC1)C(=O)NCCc1cccc(F)c1. The maximum absolute atomic E-state index is 13.2. The lowest BCUT2D eigenvalue weighted by Crippen LogP contribution is -2.43. The molecule has 2 aromatic rings. The molecular weight excluding hydrogens is 315 g/mol. The number of hydrogen-bond acceptors (Lipinski definition) is 1. The molecule has 132 valence electrons. The Hall–Kier alpha value is -2.36. The molecule has 1 aliphatic carbocycles. The van der Waals surface area contributed by atoms with Gasteiger partial charge in [-0.2, -0.15) is 0 Å². The Labute approximate surface area is 148 Å². The highest BCUT2D eigenvalue weighted by Gasteiger charge is 2.29. The van der Waals surface area contributed by atoms with Gasteiger partial charge in [-0.3, -0.25) is 0 Å². The first kappa shape index (κ1) is 17.5. The summed E-state index contributed by atoms with van der Waals surface area (Å²) in [5.74, 6) is 0.386. The minimum absolute atomic E-state index is 0.0379. The van der Waals surface area contributed by atoms with E-state index in [0.717, 1.165) is 17.7 Å². The second-order valence-corrected chi connectivity index (χ2v) is 6.79. The lowest BCUT2D eigenvalue weighted by atomic mass is 10.1. The Morgan fingerprint density at radius 1 is 1.20 bits per heavy atom. The molecule has 1 unspecified atom stereocenters. The number of benzene rings is 2. The third-order valence-corrected chi connectivity index (χ3v) is 4.74. The molecule has 1 aliphatic rings. The predicted molar refractivity (Wildman–Crippen MR) is 97.8 cm³/mol. The first-order chi connectivity index (χ1) is 12.1. The molecule has 0 aliphatic heterocycles. The van der Waals surface area contributed by atoms with Gasteiger partial charge in [-0.1, -0.05) is 42.5 Å².